The van der Waals surface area contributed by atoms with Crippen LogP contribution in [0.1, 0.15) is 61.6 Å². The summed E-state index contributed by atoms with van der Waals surface area (Å²) in [5.41, 5.74) is -0.668. The molecule has 14 heteroatoms. The maximum Gasteiger partial charge on any atom is 0.261 e. The van der Waals surface area contributed by atoms with Crippen LogP contribution in [0.15, 0.2) is 67.0 Å². The maximum absolute atomic E-state index is 17.6. The van der Waals surface area contributed by atoms with Gasteiger partial charge in [0.1, 0.15) is 11.7 Å². The largest absolute Gasteiger partial charge is 0.408 e. The van der Waals surface area contributed by atoms with E-state index in [1.54, 1.807) is 23.3 Å². The number of alkyl halides is 2. The van der Waals surface area contributed by atoms with Gasteiger partial charge in [0.05, 0.1) is 18.8 Å². The first-order valence-corrected chi connectivity index (χ1v) is 23.6. The summed E-state index contributed by atoms with van der Waals surface area (Å²) in [6.45, 7) is 20.7. The Balaban J connectivity index is 1.67. The lowest BCUT2D eigenvalue weighted by atomic mass is 9.99. The minimum Gasteiger partial charge on any atom is -0.408 e. The fourth-order valence-electron chi connectivity index (χ4n) is 6.65. The predicted molar refractivity (Wildman–Crippen MR) is 217 cm³/mol. The molecule has 1 aliphatic rings. The number of amides is 1. The minimum absolute atomic E-state index is 0.0275. The zero-order valence-corrected chi connectivity index (χ0v) is 36.0. The quantitative estimate of drug-likeness (QED) is 0.118. The smallest absolute Gasteiger partial charge is 0.261 e. The van der Waals surface area contributed by atoms with Gasteiger partial charge < -0.3 is 18.5 Å². The van der Waals surface area contributed by atoms with Crippen molar-refractivity contribution in [3.8, 4) is 0 Å². The summed E-state index contributed by atoms with van der Waals surface area (Å²) < 4.78 is 40.5. The summed E-state index contributed by atoms with van der Waals surface area (Å²) in [5, 5.41) is 4.38. The highest BCUT2D eigenvalue weighted by molar-refractivity contribution is 6.99. The number of hydrogen-bond donors (Lipinski definition) is 1. The normalized spacial score (nSPS) is 21.4. The molecule has 0 bridgehead atoms. The molecule has 1 N–H and O–H groups in total. The molecule has 1 fully saturated rings. The second kappa shape index (κ2) is 15.1. The summed E-state index contributed by atoms with van der Waals surface area (Å²) in [7, 11) is -2.07. The second-order valence-corrected chi connectivity index (χ2v) is 26.5. The van der Waals surface area contributed by atoms with E-state index < -0.39 is 40.7 Å². The Hall–Kier alpha value is -3.21. The molecule has 0 unspecified atom stereocenters. The monoisotopic (exact) mass is 782 g/mol. The van der Waals surface area contributed by atoms with Crippen LogP contribution in [0.4, 0.5) is 16.2 Å². The third-order valence-corrected chi connectivity index (χ3v) is 20.6. The zero-order valence-electron chi connectivity index (χ0n) is 33.2. The van der Waals surface area contributed by atoms with Gasteiger partial charge in [-0.3, -0.25) is 14.7 Å². The molecule has 1 amide bonds. The van der Waals surface area contributed by atoms with Crippen LogP contribution in [0, 0.1) is 5.92 Å². The first kappa shape index (κ1) is 41.0. The lowest BCUT2D eigenvalue weighted by Crippen LogP contribution is -2.68. The van der Waals surface area contributed by atoms with E-state index in [0.717, 1.165) is 10.4 Å². The molecule has 0 spiro atoms. The molecule has 5 rings (SSSR count). The number of nitrogens with one attached hydrogen (secondary N) is 1. The number of benzene rings is 2. The summed E-state index contributed by atoms with van der Waals surface area (Å²) in [6.07, 6.45) is -2.49. The SMILES string of the molecule is CC(C)C(=O)Nc1nc(N(C)C)c2ncn([C@@H]3O[C@](CCl)(CO[Si](c4ccccc4)(c4ccccc4)C(C)(C)C)[C@@H](O[Si](C)(C)C(C)(C)C)[C@H]3F)c2n1. The third kappa shape index (κ3) is 7.70. The minimum atomic E-state index is -3.10. The molecule has 53 heavy (non-hydrogen) atoms. The van der Waals surface area contributed by atoms with Crippen LogP contribution < -0.4 is 20.6 Å². The van der Waals surface area contributed by atoms with E-state index in [4.69, 9.17) is 25.2 Å². The lowest BCUT2D eigenvalue weighted by Gasteiger charge is -2.47. The summed E-state index contributed by atoms with van der Waals surface area (Å²) >= 11 is 7.00. The second-order valence-electron chi connectivity index (χ2n) is 17.1. The van der Waals surface area contributed by atoms with Crippen molar-refractivity contribution in [2.24, 2.45) is 5.92 Å². The van der Waals surface area contributed by atoms with Gasteiger partial charge >= 0.3 is 0 Å². The van der Waals surface area contributed by atoms with Gasteiger partial charge in [-0.2, -0.15) is 9.97 Å². The van der Waals surface area contributed by atoms with Gasteiger partial charge in [0.2, 0.25) is 11.9 Å². The van der Waals surface area contributed by atoms with Gasteiger partial charge in [-0.1, -0.05) is 116 Å². The Morgan fingerprint density at radius 3 is 2.04 bits per heavy atom. The Morgan fingerprint density at radius 2 is 1.57 bits per heavy atom. The third-order valence-electron chi connectivity index (χ3n) is 10.7. The number of carbonyl (C=O) groups is 1. The fraction of sp³-hybridized carbons (Fsp3) is 0.538. The van der Waals surface area contributed by atoms with Crippen molar-refractivity contribution in [1.82, 2.24) is 19.5 Å². The van der Waals surface area contributed by atoms with Crippen molar-refractivity contribution in [2.75, 3.05) is 36.8 Å². The van der Waals surface area contributed by atoms with Crippen LogP contribution >= 0.6 is 11.6 Å². The number of rotatable bonds is 12. The molecule has 1 saturated heterocycles. The fourth-order valence-corrected chi connectivity index (χ4v) is 12.9. The van der Waals surface area contributed by atoms with Crippen LogP contribution in [0.2, 0.25) is 23.2 Å². The number of fused-ring (bicyclic) bond motifs is 1. The van der Waals surface area contributed by atoms with Gasteiger partial charge in [-0.05, 0) is 33.5 Å². The molecule has 1 aliphatic heterocycles. The highest BCUT2D eigenvalue weighted by Gasteiger charge is 2.61. The lowest BCUT2D eigenvalue weighted by molar-refractivity contribution is -0.118. The summed E-state index contributed by atoms with van der Waals surface area (Å²) in [6, 6.07) is 20.6. The van der Waals surface area contributed by atoms with Gasteiger partial charge in [-0.25, -0.2) is 9.37 Å². The number of anilines is 2. The van der Waals surface area contributed by atoms with Gasteiger partial charge in [0.15, 0.2) is 37.7 Å². The molecule has 2 aromatic heterocycles. The standard InChI is InChI=1S/C39H56ClFN6O4Si2/c1-26(2)34(48)45-36-43-32(46(9)10)30-33(44-36)47(25-42-30)35-29(41)31(51-52(11,12)37(3,4)5)39(23-40,50-35)24-49-53(38(6,7)8,27-19-15-13-16-20-27)28-21-17-14-18-22-28/h13-22,25-26,29,31,35H,23-24H2,1-12H3,(H,43,44,45,48)/t29-,31+,35-,39-/m1/s1. The van der Waals surface area contributed by atoms with Crippen LogP contribution in [-0.4, -0.2) is 86.5 Å². The Bertz CT molecular complexity index is 1840. The Morgan fingerprint density at radius 1 is 1.00 bits per heavy atom. The molecule has 288 valence electrons. The average molecular weight is 784 g/mol. The van der Waals surface area contributed by atoms with Crippen molar-refractivity contribution in [2.45, 2.75) is 103 Å². The molecular formula is C39H56ClFN6O4Si2. The van der Waals surface area contributed by atoms with E-state index in [1.165, 1.54) is 6.33 Å². The van der Waals surface area contributed by atoms with Crippen molar-refractivity contribution in [1.29, 1.82) is 0 Å². The Labute approximate surface area is 321 Å². The van der Waals surface area contributed by atoms with E-state index in [-0.39, 0.29) is 40.3 Å². The summed E-state index contributed by atoms with van der Waals surface area (Å²) in [5.74, 6) is -0.0907. The number of hydrogen-bond acceptors (Lipinski definition) is 8. The van der Waals surface area contributed by atoms with E-state index in [0.29, 0.717) is 17.0 Å². The van der Waals surface area contributed by atoms with E-state index in [1.807, 2.05) is 50.5 Å². The number of halogens is 2. The molecule has 2 aromatic carbocycles. The van der Waals surface area contributed by atoms with Gasteiger partial charge in [0.25, 0.3) is 8.32 Å². The topological polar surface area (TPSA) is 104 Å². The van der Waals surface area contributed by atoms with Gasteiger partial charge in [0, 0.05) is 20.0 Å². The first-order chi connectivity index (χ1) is 24.7. The van der Waals surface area contributed by atoms with Crippen LogP contribution in [0.3, 0.4) is 0 Å². The maximum atomic E-state index is 17.6. The predicted octanol–water partition coefficient (Wildman–Crippen LogP) is 7.30. The number of imidazole rings is 1. The van der Waals surface area contributed by atoms with Crippen LogP contribution in [0.25, 0.3) is 11.2 Å². The van der Waals surface area contributed by atoms with Crippen molar-refractivity contribution in [3.63, 3.8) is 0 Å². The van der Waals surface area contributed by atoms with E-state index in [9.17, 15) is 4.79 Å². The van der Waals surface area contributed by atoms with Crippen molar-refractivity contribution < 1.29 is 22.8 Å². The molecular weight excluding hydrogens is 727 g/mol. The molecule has 10 nitrogen and oxygen atoms in total. The highest BCUT2D eigenvalue weighted by atomic mass is 35.5. The zero-order chi connectivity index (χ0) is 39.1. The average Bonchev–Trinajstić information content (AvgIpc) is 3.62. The van der Waals surface area contributed by atoms with Crippen LogP contribution in [0.5, 0.6) is 0 Å². The van der Waals surface area contributed by atoms with E-state index in [2.05, 4.69) is 99.2 Å². The number of carbonyl (C=O) groups excluding carboxylic acids is 1. The number of ether oxygens (including phenoxy) is 1. The highest BCUT2D eigenvalue weighted by Crippen LogP contribution is 2.48. The van der Waals surface area contributed by atoms with Crippen LogP contribution in [-0.2, 0) is 18.4 Å². The van der Waals surface area contributed by atoms with Crippen molar-refractivity contribution >= 4 is 67.4 Å². The van der Waals surface area contributed by atoms with E-state index >= 15 is 4.39 Å². The first-order valence-electron chi connectivity index (χ1n) is 18.2. The molecule has 4 aromatic rings. The Kier molecular flexibility index (Phi) is 11.7. The van der Waals surface area contributed by atoms with Crippen molar-refractivity contribution in [3.05, 3.63) is 67.0 Å². The number of aromatic nitrogens is 4. The number of nitrogens with zero attached hydrogens (tertiary/aromatic N) is 5. The van der Waals surface area contributed by atoms with Gasteiger partial charge in [-0.15, -0.1) is 11.6 Å². The summed E-state index contributed by atoms with van der Waals surface area (Å²) in [4.78, 5) is 28.4. The molecule has 4 atom stereocenters. The molecule has 3 heterocycles. The molecule has 0 saturated carbocycles. The molecule has 0 radical (unpaired) electrons. The molecule has 0 aliphatic carbocycles.